The fraction of sp³-hybridized carbons (Fsp3) is 0.111. The third-order valence-electron chi connectivity index (χ3n) is 9.17. The summed E-state index contributed by atoms with van der Waals surface area (Å²) in [7, 11) is 0. The van der Waals surface area contributed by atoms with Crippen LogP contribution in [0.2, 0.25) is 0 Å². The van der Waals surface area contributed by atoms with Gasteiger partial charge in [0.2, 0.25) is 0 Å². The predicted octanol–water partition coefficient (Wildman–Crippen LogP) is 12.0. The summed E-state index contributed by atoms with van der Waals surface area (Å²) in [5.41, 5.74) is 15.0. The Morgan fingerprint density at radius 2 is 1.34 bits per heavy atom. The first kappa shape index (κ1) is 33.2. The second kappa shape index (κ2) is 13.5. The van der Waals surface area contributed by atoms with Crippen LogP contribution in [0.3, 0.4) is 0 Å². The Bertz CT molecular complexity index is 2410. The average molecular weight is 826 g/mol. The molecule has 50 heavy (non-hydrogen) atoms. The number of hydrogen-bond acceptors (Lipinski definition) is 4. The van der Waals surface area contributed by atoms with Crippen LogP contribution in [0.4, 0.5) is 11.4 Å². The summed E-state index contributed by atoms with van der Waals surface area (Å²) in [5.74, 6) is 0. The molecule has 5 heteroatoms. The number of aromatic nitrogens is 2. The van der Waals surface area contributed by atoms with Gasteiger partial charge in [-0.1, -0.05) is 87.0 Å². The first-order chi connectivity index (χ1) is 23.9. The number of nitrogens with one attached hydrogen (secondary N) is 1. The maximum absolute atomic E-state index is 6.54. The van der Waals surface area contributed by atoms with Crippen molar-refractivity contribution >= 4 is 33.3 Å². The molecule has 9 rings (SSSR count). The molecule has 3 aromatic heterocycles. The Morgan fingerprint density at radius 1 is 0.660 bits per heavy atom. The largest absolute Gasteiger partial charge is 0.456 e. The minimum atomic E-state index is -0.0850. The molecular weight excluding hydrogens is 791 g/mol. The fourth-order valence-electron chi connectivity index (χ4n) is 6.72. The Morgan fingerprint density at radius 3 is 2.02 bits per heavy atom. The molecule has 0 unspecified atom stereocenters. The number of anilines is 2. The monoisotopic (exact) mass is 826 g/mol. The topological polar surface area (TPSA) is 51.0 Å². The van der Waals surface area contributed by atoms with Crippen LogP contribution in [0.5, 0.6) is 0 Å². The summed E-state index contributed by atoms with van der Waals surface area (Å²) >= 11 is 0. The van der Waals surface area contributed by atoms with Gasteiger partial charge in [-0.05, 0) is 70.4 Å². The molecule has 0 saturated carbocycles. The van der Waals surface area contributed by atoms with Crippen molar-refractivity contribution in [2.24, 2.45) is 0 Å². The van der Waals surface area contributed by atoms with Gasteiger partial charge in [0.25, 0.3) is 0 Å². The third-order valence-corrected chi connectivity index (χ3v) is 9.17. The van der Waals surface area contributed by atoms with Crippen LogP contribution in [0.15, 0.2) is 138 Å². The maximum atomic E-state index is 6.54. The van der Waals surface area contributed by atoms with Crippen LogP contribution in [0, 0.1) is 19.1 Å². The first-order valence-corrected chi connectivity index (χ1v) is 16.6. The van der Waals surface area contributed by atoms with Crippen molar-refractivity contribution in [1.82, 2.24) is 9.97 Å². The number of para-hydroxylation sites is 1. The van der Waals surface area contributed by atoms with E-state index < -0.39 is 0 Å². The number of rotatable bonds is 2. The Labute approximate surface area is 306 Å². The second-order valence-electron chi connectivity index (χ2n) is 13.4. The molecule has 0 aliphatic carbocycles. The average Bonchev–Trinajstić information content (AvgIpc) is 3.53. The van der Waals surface area contributed by atoms with Gasteiger partial charge in [0, 0.05) is 54.7 Å². The van der Waals surface area contributed by atoms with E-state index >= 15 is 0 Å². The number of furan rings is 1. The zero-order valence-electron chi connectivity index (χ0n) is 28.3. The zero-order chi connectivity index (χ0) is 33.5. The van der Waals surface area contributed by atoms with Gasteiger partial charge in [-0.25, -0.2) is 0 Å². The van der Waals surface area contributed by atoms with Gasteiger partial charge in [-0.3, -0.25) is 0 Å². The van der Waals surface area contributed by atoms with Crippen LogP contribution in [0.1, 0.15) is 31.9 Å². The summed E-state index contributed by atoms with van der Waals surface area (Å²) in [5, 5.41) is 6.10. The summed E-state index contributed by atoms with van der Waals surface area (Å²) in [4.78, 5) is 8.78. The molecule has 4 heterocycles. The van der Waals surface area contributed by atoms with Crippen LogP contribution >= 0.6 is 0 Å². The maximum Gasteiger partial charge on any atom is 0.141 e. The van der Waals surface area contributed by atoms with E-state index in [1.807, 2.05) is 72.9 Å². The molecular formula is C45H35IrN3O-2. The molecule has 4 nitrogen and oxygen atoms in total. The molecule has 2 bridgehead atoms. The van der Waals surface area contributed by atoms with E-state index in [9.17, 15) is 0 Å². The Hall–Kier alpha value is -5.35. The zero-order valence-corrected chi connectivity index (χ0v) is 30.7. The molecule has 0 spiro atoms. The van der Waals surface area contributed by atoms with E-state index in [0.717, 1.165) is 61.4 Å². The van der Waals surface area contributed by atoms with E-state index in [1.54, 1.807) is 6.20 Å². The van der Waals surface area contributed by atoms with Crippen molar-refractivity contribution in [3.05, 3.63) is 157 Å². The normalized spacial score (nSPS) is 11.6. The summed E-state index contributed by atoms with van der Waals surface area (Å²) < 4.78 is 6.54. The van der Waals surface area contributed by atoms with E-state index in [-0.39, 0.29) is 25.5 Å². The van der Waals surface area contributed by atoms with E-state index in [2.05, 4.69) is 110 Å². The molecule has 247 valence electrons. The Kier molecular flexibility index (Phi) is 8.96. The molecule has 1 radical (unpaired) electrons. The van der Waals surface area contributed by atoms with E-state index in [4.69, 9.17) is 4.42 Å². The van der Waals surface area contributed by atoms with E-state index in [0.29, 0.717) is 0 Å². The van der Waals surface area contributed by atoms with E-state index in [1.165, 1.54) is 27.8 Å². The molecule has 0 fully saturated rings. The van der Waals surface area contributed by atoms with Crippen LogP contribution < -0.4 is 5.32 Å². The minimum Gasteiger partial charge on any atom is -0.456 e. The van der Waals surface area contributed by atoms with Crippen molar-refractivity contribution in [3.63, 3.8) is 0 Å². The van der Waals surface area contributed by atoms with Gasteiger partial charge < -0.3 is 19.7 Å². The van der Waals surface area contributed by atoms with Crippen molar-refractivity contribution in [1.29, 1.82) is 0 Å². The summed E-state index contributed by atoms with van der Waals surface area (Å²) in [6, 6.07) is 47.8. The quantitative estimate of drug-likeness (QED) is 0.176. The van der Waals surface area contributed by atoms with Crippen LogP contribution in [0.25, 0.3) is 66.7 Å². The van der Waals surface area contributed by atoms with Crippen LogP contribution in [-0.2, 0) is 25.5 Å². The fourth-order valence-corrected chi connectivity index (χ4v) is 6.72. The standard InChI is InChI=1S/C34H27N2O.C11H8N.Ir/c1-20-22-11-9-12-23(20)26-19-27(34(2,3)4)33-31(24-10-5-6-14-30(24)37-33)32(26)36-29-16-15-21(18-25(22)29)28-13-7-8-17-35-28;1-2-6-10(7-3-1)11-8-4-5-9-12-11;/h5-14,16-19,36H,1-4H3;1-6,8-9H;/q2*-1;. The molecule has 0 saturated heterocycles. The molecule has 1 N–H and O–H groups in total. The van der Waals surface area contributed by atoms with Crippen LogP contribution in [-0.4, -0.2) is 9.97 Å². The molecule has 0 atom stereocenters. The van der Waals surface area contributed by atoms with Crippen molar-refractivity contribution < 1.29 is 24.5 Å². The second-order valence-corrected chi connectivity index (χ2v) is 13.4. The minimum absolute atomic E-state index is 0. The van der Waals surface area contributed by atoms with Crippen molar-refractivity contribution in [2.45, 2.75) is 33.1 Å². The first-order valence-electron chi connectivity index (χ1n) is 16.6. The van der Waals surface area contributed by atoms with Gasteiger partial charge in [0.1, 0.15) is 11.2 Å². The number of hydrogen-bond donors (Lipinski definition) is 1. The Balaban J connectivity index is 0.000000255. The number of fused-ring (bicyclic) bond motifs is 10. The SMILES string of the molecule is Cc1c2cccc1-c1cc(C(C)(C)C)c3oc4ccccc4c3c1Nc1c[c-]c(-c3ccccn3)cc1-2.[Ir].[c-]1ccccc1-c1ccccn1. The molecule has 8 aromatic rings. The smallest absolute Gasteiger partial charge is 0.141 e. The molecule has 1 aliphatic rings. The van der Waals surface area contributed by atoms with Gasteiger partial charge in [0.05, 0.1) is 5.39 Å². The molecule has 0 amide bonds. The van der Waals surface area contributed by atoms with Crippen molar-refractivity contribution in [2.75, 3.05) is 5.32 Å². The van der Waals surface area contributed by atoms with Crippen molar-refractivity contribution in [3.8, 4) is 44.8 Å². The third kappa shape index (κ3) is 6.04. The molecule has 1 aliphatic heterocycles. The van der Waals surface area contributed by atoms with Gasteiger partial charge >= 0.3 is 0 Å². The van der Waals surface area contributed by atoms with Gasteiger partial charge in [-0.15, -0.1) is 59.7 Å². The van der Waals surface area contributed by atoms with Gasteiger partial charge in [-0.2, -0.15) is 0 Å². The molecule has 5 aromatic carbocycles. The summed E-state index contributed by atoms with van der Waals surface area (Å²) in [6.07, 6.45) is 3.62. The number of pyridine rings is 2. The summed E-state index contributed by atoms with van der Waals surface area (Å²) in [6.45, 7) is 8.99. The number of benzene rings is 5. The predicted molar refractivity (Wildman–Crippen MR) is 202 cm³/mol. The number of nitrogens with zero attached hydrogens (tertiary/aromatic N) is 2. The van der Waals surface area contributed by atoms with Gasteiger partial charge in [0.15, 0.2) is 0 Å².